The van der Waals surface area contributed by atoms with Crippen LogP contribution in [0.2, 0.25) is 0 Å². The molecule has 1 aliphatic heterocycles. The third-order valence-electron chi connectivity index (χ3n) is 5.12. The number of anilines is 1. The zero-order valence-electron chi connectivity index (χ0n) is 16.0. The van der Waals surface area contributed by atoms with Crippen LogP contribution in [0.25, 0.3) is 0 Å². The molecular formula is C21H23FN4OS2. The molecule has 1 saturated heterocycles. The van der Waals surface area contributed by atoms with Crippen molar-refractivity contribution in [3.63, 3.8) is 0 Å². The molecule has 1 fully saturated rings. The lowest BCUT2D eigenvalue weighted by Crippen LogP contribution is -2.39. The van der Waals surface area contributed by atoms with Crippen molar-refractivity contribution in [1.82, 2.24) is 14.7 Å². The average Bonchev–Trinajstić information content (AvgIpc) is 3.41. The molecule has 1 N–H and O–H groups in total. The summed E-state index contributed by atoms with van der Waals surface area (Å²) in [5, 5.41) is 6.02. The Morgan fingerprint density at radius 3 is 2.72 bits per heavy atom. The van der Waals surface area contributed by atoms with E-state index in [9.17, 15) is 9.18 Å². The van der Waals surface area contributed by atoms with Crippen LogP contribution in [-0.2, 0) is 17.6 Å². The van der Waals surface area contributed by atoms with Crippen LogP contribution < -0.4 is 10.2 Å². The maximum atomic E-state index is 13.0. The Bertz CT molecular complexity index is 919. The molecule has 8 heteroatoms. The fraction of sp³-hybridized carbons (Fsp3) is 0.381. The molecule has 0 aliphatic carbocycles. The number of nitrogens with one attached hydrogen (secondary N) is 1. The van der Waals surface area contributed by atoms with Gasteiger partial charge in [-0.1, -0.05) is 18.2 Å². The predicted molar refractivity (Wildman–Crippen MR) is 115 cm³/mol. The molecule has 2 aromatic heterocycles. The molecule has 1 amide bonds. The fourth-order valence-corrected chi connectivity index (χ4v) is 4.89. The van der Waals surface area contributed by atoms with E-state index in [1.807, 2.05) is 17.5 Å². The van der Waals surface area contributed by atoms with Crippen LogP contribution in [0.15, 0.2) is 41.8 Å². The second kappa shape index (κ2) is 9.45. The maximum absolute atomic E-state index is 13.0. The van der Waals surface area contributed by atoms with Crippen LogP contribution in [0.5, 0.6) is 0 Å². The van der Waals surface area contributed by atoms with E-state index < -0.39 is 0 Å². The van der Waals surface area contributed by atoms with Crippen molar-refractivity contribution in [1.29, 1.82) is 0 Å². The molecule has 3 aromatic rings. The molecule has 1 aromatic carbocycles. The van der Waals surface area contributed by atoms with Crippen molar-refractivity contribution in [3.8, 4) is 0 Å². The highest BCUT2D eigenvalue weighted by Crippen LogP contribution is 2.25. The van der Waals surface area contributed by atoms with Crippen molar-refractivity contribution in [2.75, 3.05) is 24.5 Å². The molecule has 152 valence electrons. The van der Waals surface area contributed by atoms with Crippen LogP contribution in [0.3, 0.4) is 0 Å². The van der Waals surface area contributed by atoms with Gasteiger partial charge < -0.3 is 10.2 Å². The number of benzene rings is 1. The minimum Gasteiger partial charge on any atom is -0.356 e. The first-order valence-corrected chi connectivity index (χ1v) is 11.4. The van der Waals surface area contributed by atoms with E-state index in [4.69, 9.17) is 0 Å². The number of aromatic nitrogens is 2. The molecule has 0 atom stereocenters. The summed E-state index contributed by atoms with van der Waals surface area (Å²) >= 11 is 3.04. The van der Waals surface area contributed by atoms with Gasteiger partial charge in [-0.15, -0.1) is 11.3 Å². The van der Waals surface area contributed by atoms with Gasteiger partial charge in [-0.3, -0.25) is 4.79 Å². The van der Waals surface area contributed by atoms with Crippen molar-refractivity contribution < 1.29 is 9.18 Å². The maximum Gasteiger partial charge on any atom is 0.225 e. The minimum atomic E-state index is -0.230. The molecule has 0 spiro atoms. The molecule has 1 aliphatic rings. The zero-order valence-corrected chi connectivity index (χ0v) is 17.6. The van der Waals surface area contributed by atoms with Gasteiger partial charge in [0.05, 0.1) is 6.42 Å². The molecule has 29 heavy (non-hydrogen) atoms. The monoisotopic (exact) mass is 430 g/mol. The number of carbonyl (C=O) groups excluding carboxylic acids is 1. The van der Waals surface area contributed by atoms with E-state index in [1.165, 1.54) is 23.7 Å². The Balaban J connectivity index is 1.22. The number of thiophene rings is 1. The van der Waals surface area contributed by atoms with Crippen molar-refractivity contribution >= 4 is 33.9 Å². The molecule has 0 radical (unpaired) electrons. The minimum absolute atomic E-state index is 0.101. The summed E-state index contributed by atoms with van der Waals surface area (Å²) in [6, 6.07) is 10.4. The highest BCUT2D eigenvalue weighted by atomic mass is 32.1. The Labute approximate surface area is 177 Å². The lowest BCUT2D eigenvalue weighted by molar-refractivity contribution is -0.120. The third kappa shape index (κ3) is 5.61. The number of amides is 1. The molecule has 0 unspecified atom stereocenters. The Hall–Kier alpha value is -2.32. The second-order valence-electron chi connectivity index (χ2n) is 7.29. The molecule has 3 heterocycles. The molecule has 0 saturated carbocycles. The van der Waals surface area contributed by atoms with Gasteiger partial charge in [-0.05, 0) is 47.9 Å². The van der Waals surface area contributed by atoms with Crippen molar-refractivity contribution in [2.24, 2.45) is 5.92 Å². The Kier molecular flexibility index (Phi) is 6.51. The summed E-state index contributed by atoms with van der Waals surface area (Å²) in [6.45, 7) is 2.59. The van der Waals surface area contributed by atoms with Gasteiger partial charge in [-0.25, -0.2) is 9.37 Å². The first-order valence-electron chi connectivity index (χ1n) is 9.77. The topological polar surface area (TPSA) is 58.1 Å². The zero-order chi connectivity index (χ0) is 20.1. The quantitative estimate of drug-likeness (QED) is 0.618. The number of nitrogens with zero attached hydrogens (tertiary/aromatic N) is 3. The predicted octanol–water partition coefficient (Wildman–Crippen LogP) is 3.90. The van der Waals surface area contributed by atoms with Gasteiger partial charge in [0.1, 0.15) is 11.6 Å². The lowest BCUT2D eigenvalue weighted by atomic mass is 9.97. The van der Waals surface area contributed by atoms with Gasteiger partial charge in [-0.2, -0.15) is 4.37 Å². The van der Waals surface area contributed by atoms with Gasteiger partial charge in [0.25, 0.3) is 0 Å². The summed E-state index contributed by atoms with van der Waals surface area (Å²) in [7, 11) is 0. The summed E-state index contributed by atoms with van der Waals surface area (Å²) < 4.78 is 17.5. The van der Waals surface area contributed by atoms with E-state index in [1.54, 1.807) is 23.5 Å². The Morgan fingerprint density at radius 1 is 1.21 bits per heavy atom. The number of hydrogen-bond donors (Lipinski definition) is 1. The van der Waals surface area contributed by atoms with Crippen LogP contribution in [0.1, 0.15) is 29.1 Å². The van der Waals surface area contributed by atoms with Gasteiger partial charge in [0.15, 0.2) is 0 Å². The van der Waals surface area contributed by atoms with E-state index >= 15 is 0 Å². The number of hydrogen-bond acceptors (Lipinski definition) is 6. The second-order valence-corrected chi connectivity index (χ2v) is 9.05. The molecule has 4 rings (SSSR count). The third-order valence-corrected chi connectivity index (χ3v) is 6.81. The highest BCUT2D eigenvalue weighted by Gasteiger charge is 2.22. The molecule has 5 nitrogen and oxygen atoms in total. The first kappa shape index (κ1) is 20.0. The molecular weight excluding hydrogens is 407 g/mol. The van der Waals surface area contributed by atoms with Crippen LogP contribution in [0.4, 0.5) is 9.52 Å². The summed E-state index contributed by atoms with van der Waals surface area (Å²) in [6.07, 6.45) is 3.15. The number of rotatable bonds is 7. The Morgan fingerprint density at radius 2 is 2.00 bits per heavy atom. The van der Waals surface area contributed by atoms with Crippen LogP contribution in [0, 0.1) is 11.7 Å². The smallest absolute Gasteiger partial charge is 0.225 e. The number of piperidine rings is 1. The number of halogens is 1. The van der Waals surface area contributed by atoms with Crippen molar-refractivity contribution in [3.05, 3.63) is 63.9 Å². The standard InChI is InChI=1S/C21H23FN4OS2/c22-17-5-3-15(4-6-17)12-19-24-21(29-25-19)26-9-7-16(8-10-26)14-23-20(27)13-18-2-1-11-28-18/h1-6,11,16H,7-10,12-14H2,(H,23,27). The van der Waals surface area contributed by atoms with E-state index in [0.717, 1.165) is 53.9 Å². The fourth-order valence-electron chi connectivity index (χ4n) is 3.45. The largest absolute Gasteiger partial charge is 0.356 e. The SMILES string of the molecule is O=C(Cc1cccs1)NCC1CCN(c2nc(Cc3ccc(F)cc3)ns2)CC1. The van der Waals surface area contributed by atoms with E-state index in [-0.39, 0.29) is 11.7 Å². The molecule has 0 bridgehead atoms. The average molecular weight is 431 g/mol. The van der Waals surface area contributed by atoms with Crippen molar-refractivity contribution in [2.45, 2.75) is 25.7 Å². The van der Waals surface area contributed by atoms with Crippen LogP contribution in [-0.4, -0.2) is 34.9 Å². The normalized spacial score (nSPS) is 14.9. The number of carbonyl (C=O) groups is 1. The van der Waals surface area contributed by atoms with Gasteiger partial charge in [0.2, 0.25) is 11.0 Å². The summed E-state index contributed by atoms with van der Waals surface area (Å²) in [5.74, 6) is 1.15. The first-order chi connectivity index (χ1) is 14.2. The van der Waals surface area contributed by atoms with Gasteiger partial charge >= 0.3 is 0 Å². The van der Waals surface area contributed by atoms with Gasteiger partial charge in [0, 0.05) is 42.5 Å². The van der Waals surface area contributed by atoms with E-state index in [2.05, 4.69) is 19.6 Å². The lowest BCUT2D eigenvalue weighted by Gasteiger charge is -2.31. The highest BCUT2D eigenvalue weighted by molar-refractivity contribution is 7.10. The van der Waals surface area contributed by atoms with Crippen LogP contribution >= 0.6 is 22.9 Å². The van der Waals surface area contributed by atoms with E-state index in [0.29, 0.717) is 18.8 Å². The summed E-state index contributed by atoms with van der Waals surface area (Å²) in [4.78, 5) is 20.1. The summed E-state index contributed by atoms with van der Waals surface area (Å²) in [5.41, 5.74) is 1.01.